The van der Waals surface area contributed by atoms with Crippen LogP contribution in [0.1, 0.15) is 5.56 Å². The second kappa shape index (κ2) is 3.96. The zero-order valence-electron chi connectivity index (χ0n) is 9.48. The average molecular weight is 216 g/mol. The minimum atomic E-state index is 0.682. The lowest BCUT2D eigenvalue weighted by Crippen LogP contribution is -1.88. The minimum absolute atomic E-state index is 0.682. The zero-order valence-corrected chi connectivity index (χ0v) is 9.48. The Morgan fingerprint density at radius 1 is 0.824 bits per heavy atom. The van der Waals surface area contributed by atoms with E-state index in [0.717, 1.165) is 0 Å². The zero-order chi connectivity index (χ0) is 11.7. The Hall–Kier alpha value is -2.26. The second-order valence-electron chi connectivity index (χ2n) is 4.18. The molecule has 0 fully saturated rings. The van der Waals surface area contributed by atoms with Crippen molar-refractivity contribution in [2.45, 2.75) is 6.42 Å². The summed E-state index contributed by atoms with van der Waals surface area (Å²) in [6.07, 6.45) is 6.18. The normalized spacial score (nSPS) is 10.5. The maximum Gasteiger partial charge on any atom is 0.0350 e. The first kappa shape index (κ1) is 9.93. The van der Waals surface area contributed by atoms with E-state index in [4.69, 9.17) is 6.42 Å². The van der Waals surface area contributed by atoms with Gasteiger partial charge in [-0.1, -0.05) is 48.5 Å². The average Bonchev–Trinajstić information content (AvgIpc) is 2.39. The molecule has 0 spiro atoms. The van der Waals surface area contributed by atoms with Crippen LogP contribution in [0.2, 0.25) is 0 Å². The van der Waals surface area contributed by atoms with Crippen LogP contribution in [-0.2, 0) is 6.42 Å². The Morgan fingerprint density at radius 2 is 1.35 bits per heavy atom. The highest BCUT2D eigenvalue weighted by atomic mass is 14.1. The maximum atomic E-state index is 5.49. The summed E-state index contributed by atoms with van der Waals surface area (Å²) in [5, 5.41) is 5.06. The number of fused-ring (bicyclic) bond motifs is 2. The number of hydrogen-bond donors (Lipinski definition) is 0. The van der Waals surface area contributed by atoms with E-state index in [9.17, 15) is 0 Å². The molecule has 0 nitrogen and oxygen atoms in total. The Balaban J connectivity index is 2.52. The Labute approximate surface area is 101 Å². The van der Waals surface area contributed by atoms with Crippen molar-refractivity contribution in [2.75, 3.05) is 0 Å². The van der Waals surface area contributed by atoms with E-state index in [0.29, 0.717) is 6.42 Å². The molecular formula is C17H12. The molecule has 0 saturated heterocycles. The Bertz CT molecular complexity index is 676. The molecule has 0 amide bonds. The molecule has 0 heterocycles. The molecule has 0 saturated carbocycles. The van der Waals surface area contributed by atoms with E-state index < -0.39 is 0 Å². The molecule has 0 aliphatic rings. The molecule has 0 heteroatoms. The lowest BCUT2D eigenvalue weighted by atomic mass is 9.95. The summed E-state index contributed by atoms with van der Waals surface area (Å²) in [5.74, 6) is 2.77. The van der Waals surface area contributed by atoms with Crippen LogP contribution in [0.3, 0.4) is 0 Å². The summed E-state index contributed by atoms with van der Waals surface area (Å²) in [7, 11) is 0. The molecule has 3 aromatic rings. The topological polar surface area (TPSA) is 0 Å². The van der Waals surface area contributed by atoms with Crippen molar-refractivity contribution in [1.29, 1.82) is 0 Å². The largest absolute Gasteiger partial charge is 0.120 e. The molecule has 0 aliphatic heterocycles. The predicted octanol–water partition coefficient (Wildman–Crippen LogP) is 4.17. The van der Waals surface area contributed by atoms with Crippen molar-refractivity contribution in [3.05, 3.63) is 60.2 Å². The Kier molecular flexibility index (Phi) is 2.31. The first-order valence-electron chi connectivity index (χ1n) is 5.73. The monoisotopic (exact) mass is 216 g/mol. The van der Waals surface area contributed by atoms with Gasteiger partial charge in [0.1, 0.15) is 0 Å². The van der Waals surface area contributed by atoms with E-state index in [-0.39, 0.29) is 0 Å². The molecule has 0 aromatic heterocycles. The molecule has 0 atom stereocenters. The third-order valence-corrected chi connectivity index (χ3v) is 3.16. The van der Waals surface area contributed by atoms with E-state index in [2.05, 4.69) is 60.5 Å². The molecule has 0 bridgehead atoms. The van der Waals surface area contributed by atoms with Crippen LogP contribution >= 0.6 is 0 Å². The molecule has 0 N–H and O–H groups in total. The minimum Gasteiger partial charge on any atom is -0.120 e. The van der Waals surface area contributed by atoms with Gasteiger partial charge in [-0.3, -0.25) is 0 Å². The van der Waals surface area contributed by atoms with Crippen LogP contribution in [0.4, 0.5) is 0 Å². The third-order valence-electron chi connectivity index (χ3n) is 3.16. The summed E-state index contributed by atoms with van der Waals surface area (Å²) in [6, 6.07) is 19.1. The quantitative estimate of drug-likeness (QED) is 0.423. The van der Waals surface area contributed by atoms with Gasteiger partial charge in [-0.2, -0.15) is 0 Å². The van der Waals surface area contributed by atoms with Gasteiger partial charge in [0.05, 0.1) is 0 Å². The fourth-order valence-corrected chi connectivity index (χ4v) is 2.40. The van der Waals surface area contributed by atoms with Gasteiger partial charge in [-0.05, 0) is 33.2 Å². The third kappa shape index (κ3) is 1.57. The molecule has 0 unspecified atom stereocenters. The summed E-state index contributed by atoms with van der Waals surface area (Å²) in [5.41, 5.74) is 1.27. The van der Waals surface area contributed by atoms with Gasteiger partial charge in [0, 0.05) is 6.42 Å². The van der Waals surface area contributed by atoms with Crippen LogP contribution < -0.4 is 0 Å². The standard InChI is InChI=1S/C17H12/c1-2-7-17-15-10-5-3-8-13(15)12-14-9-4-6-11-16(14)17/h1,3-6,8-12H,7H2. The Morgan fingerprint density at radius 3 is 1.88 bits per heavy atom. The van der Waals surface area contributed by atoms with Gasteiger partial charge >= 0.3 is 0 Å². The lowest BCUT2D eigenvalue weighted by molar-refractivity contribution is 1.39. The fraction of sp³-hybridized carbons (Fsp3) is 0.0588. The number of terminal acetylenes is 1. The summed E-state index contributed by atoms with van der Waals surface area (Å²) in [4.78, 5) is 0. The van der Waals surface area contributed by atoms with Crippen LogP contribution in [-0.4, -0.2) is 0 Å². The fourth-order valence-electron chi connectivity index (χ4n) is 2.40. The highest BCUT2D eigenvalue weighted by molar-refractivity contribution is 6.02. The maximum absolute atomic E-state index is 5.49. The summed E-state index contributed by atoms with van der Waals surface area (Å²) in [6.45, 7) is 0. The van der Waals surface area contributed by atoms with Gasteiger partial charge < -0.3 is 0 Å². The van der Waals surface area contributed by atoms with E-state index in [1.807, 2.05) is 0 Å². The van der Waals surface area contributed by atoms with Gasteiger partial charge in [0.25, 0.3) is 0 Å². The predicted molar refractivity (Wildman–Crippen MR) is 74.0 cm³/mol. The van der Waals surface area contributed by atoms with E-state index >= 15 is 0 Å². The number of benzene rings is 3. The highest BCUT2D eigenvalue weighted by Gasteiger charge is 2.05. The summed E-state index contributed by atoms with van der Waals surface area (Å²) >= 11 is 0. The van der Waals surface area contributed by atoms with Crippen molar-refractivity contribution in [3.63, 3.8) is 0 Å². The molecule has 0 aliphatic carbocycles. The first-order valence-corrected chi connectivity index (χ1v) is 5.73. The van der Waals surface area contributed by atoms with Crippen molar-refractivity contribution in [1.82, 2.24) is 0 Å². The first-order chi connectivity index (χ1) is 8.40. The molecule has 3 aromatic carbocycles. The molecule has 0 radical (unpaired) electrons. The second-order valence-corrected chi connectivity index (χ2v) is 4.18. The van der Waals surface area contributed by atoms with Gasteiger partial charge in [0.2, 0.25) is 0 Å². The lowest BCUT2D eigenvalue weighted by Gasteiger charge is -2.09. The smallest absolute Gasteiger partial charge is 0.0350 e. The van der Waals surface area contributed by atoms with Crippen LogP contribution in [0.15, 0.2) is 54.6 Å². The van der Waals surface area contributed by atoms with Gasteiger partial charge in [0.15, 0.2) is 0 Å². The SMILES string of the molecule is C#CCc1c2ccccc2cc2ccccc12. The molecule has 17 heavy (non-hydrogen) atoms. The van der Waals surface area contributed by atoms with Crippen molar-refractivity contribution < 1.29 is 0 Å². The van der Waals surface area contributed by atoms with E-state index in [1.165, 1.54) is 27.1 Å². The number of hydrogen-bond acceptors (Lipinski definition) is 0. The summed E-state index contributed by atoms with van der Waals surface area (Å²) < 4.78 is 0. The van der Waals surface area contributed by atoms with Crippen molar-refractivity contribution in [2.24, 2.45) is 0 Å². The molecule has 80 valence electrons. The molecule has 3 rings (SSSR count). The van der Waals surface area contributed by atoms with Crippen LogP contribution in [0.5, 0.6) is 0 Å². The van der Waals surface area contributed by atoms with E-state index in [1.54, 1.807) is 0 Å². The van der Waals surface area contributed by atoms with Crippen molar-refractivity contribution >= 4 is 21.5 Å². The van der Waals surface area contributed by atoms with Crippen molar-refractivity contribution in [3.8, 4) is 12.3 Å². The van der Waals surface area contributed by atoms with Gasteiger partial charge in [-0.25, -0.2) is 0 Å². The number of rotatable bonds is 1. The molecular weight excluding hydrogens is 204 g/mol. The van der Waals surface area contributed by atoms with Gasteiger partial charge in [-0.15, -0.1) is 12.3 Å². The van der Waals surface area contributed by atoms with Crippen LogP contribution in [0.25, 0.3) is 21.5 Å². The van der Waals surface area contributed by atoms with Crippen LogP contribution in [0, 0.1) is 12.3 Å². The highest BCUT2D eigenvalue weighted by Crippen LogP contribution is 2.28.